The van der Waals surface area contributed by atoms with Gasteiger partial charge in [0.1, 0.15) is 5.75 Å². The summed E-state index contributed by atoms with van der Waals surface area (Å²) in [6.07, 6.45) is -0.390. The third-order valence-corrected chi connectivity index (χ3v) is 3.90. The molecule has 136 valence electrons. The number of benzene rings is 1. The second kappa shape index (κ2) is 8.91. The Morgan fingerprint density at radius 2 is 1.64 bits per heavy atom. The molecule has 8 nitrogen and oxygen atoms in total. The molecule has 1 saturated heterocycles. The maximum Gasteiger partial charge on any atom is 0.409 e. The number of carbonyl (C=O) groups excluding carboxylic acids is 3. The molecule has 1 aliphatic rings. The Kier molecular flexibility index (Phi) is 6.62. The molecule has 3 amide bonds. The zero-order chi connectivity index (χ0) is 18.2. The molecule has 0 radical (unpaired) electrons. The second-order valence-electron chi connectivity index (χ2n) is 5.51. The number of hydrogen-bond acceptors (Lipinski definition) is 5. The van der Waals surface area contributed by atoms with Crippen LogP contribution in [0.25, 0.3) is 0 Å². The molecule has 0 spiro atoms. The van der Waals surface area contributed by atoms with Crippen LogP contribution in [0.4, 0.5) is 4.79 Å². The number of ether oxygens (including phenoxy) is 2. The number of hydrogen-bond donors (Lipinski definition) is 1. The van der Waals surface area contributed by atoms with Crippen molar-refractivity contribution in [1.29, 1.82) is 0 Å². The van der Waals surface area contributed by atoms with E-state index in [1.165, 1.54) is 9.80 Å². The monoisotopic (exact) mass is 349 g/mol. The van der Waals surface area contributed by atoms with Gasteiger partial charge in [-0.05, 0) is 24.6 Å². The summed E-state index contributed by atoms with van der Waals surface area (Å²) in [6.45, 7) is 3.65. The van der Waals surface area contributed by atoms with E-state index in [0.717, 1.165) is 11.3 Å². The first kappa shape index (κ1) is 18.6. The van der Waals surface area contributed by atoms with Gasteiger partial charge in [0.25, 0.3) is 0 Å². The Balaban J connectivity index is 1.78. The Morgan fingerprint density at radius 3 is 2.20 bits per heavy atom. The molecule has 25 heavy (non-hydrogen) atoms. The van der Waals surface area contributed by atoms with Crippen LogP contribution in [0.2, 0.25) is 0 Å². The molecule has 1 fully saturated rings. The van der Waals surface area contributed by atoms with Gasteiger partial charge in [0.2, 0.25) is 0 Å². The van der Waals surface area contributed by atoms with Gasteiger partial charge in [-0.25, -0.2) is 4.79 Å². The van der Waals surface area contributed by atoms with Gasteiger partial charge < -0.3 is 24.6 Å². The molecule has 1 aromatic carbocycles. The van der Waals surface area contributed by atoms with Crippen molar-refractivity contribution >= 4 is 17.9 Å². The summed E-state index contributed by atoms with van der Waals surface area (Å²) in [7, 11) is 1.58. The van der Waals surface area contributed by atoms with Crippen LogP contribution in [0.5, 0.6) is 5.75 Å². The van der Waals surface area contributed by atoms with Crippen LogP contribution in [-0.2, 0) is 20.9 Å². The molecule has 0 unspecified atom stereocenters. The van der Waals surface area contributed by atoms with Crippen LogP contribution in [-0.4, -0.2) is 67.6 Å². The van der Waals surface area contributed by atoms with E-state index in [0.29, 0.717) is 32.8 Å². The molecule has 1 heterocycles. The lowest BCUT2D eigenvalue weighted by molar-refractivity contribution is -0.146. The molecular weight excluding hydrogens is 326 g/mol. The minimum absolute atomic E-state index is 0.261. The third kappa shape index (κ3) is 5.10. The summed E-state index contributed by atoms with van der Waals surface area (Å²) in [5.74, 6) is -0.511. The Morgan fingerprint density at radius 1 is 1.04 bits per heavy atom. The summed E-state index contributed by atoms with van der Waals surface area (Å²) in [4.78, 5) is 38.8. The lowest BCUT2D eigenvalue weighted by Crippen LogP contribution is -2.53. The molecule has 0 bridgehead atoms. The minimum Gasteiger partial charge on any atom is -0.497 e. The van der Waals surface area contributed by atoms with Gasteiger partial charge in [0.05, 0.1) is 13.7 Å². The van der Waals surface area contributed by atoms with Crippen LogP contribution < -0.4 is 10.1 Å². The SMILES string of the molecule is CCOC(=O)N1CCN(C(=O)C(=O)NCc2ccc(OC)cc2)CC1. The van der Waals surface area contributed by atoms with Crippen molar-refractivity contribution in [2.24, 2.45) is 0 Å². The Hall–Kier alpha value is -2.77. The highest BCUT2D eigenvalue weighted by Gasteiger charge is 2.28. The molecule has 1 N–H and O–H groups in total. The largest absolute Gasteiger partial charge is 0.497 e. The van der Waals surface area contributed by atoms with Gasteiger partial charge in [-0.3, -0.25) is 9.59 Å². The molecule has 8 heteroatoms. The van der Waals surface area contributed by atoms with Gasteiger partial charge in [0.15, 0.2) is 0 Å². The normalized spacial score (nSPS) is 14.0. The first-order valence-corrected chi connectivity index (χ1v) is 8.17. The van der Waals surface area contributed by atoms with Gasteiger partial charge >= 0.3 is 17.9 Å². The van der Waals surface area contributed by atoms with E-state index in [1.807, 2.05) is 12.1 Å². The lowest BCUT2D eigenvalue weighted by atomic mass is 10.2. The van der Waals surface area contributed by atoms with Gasteiger partial charge in [-0.15, -0.1) is 0 Å². The Bertz CT molecular complexity index is 609. The van der Waals surface area contributed by atoms with E-state index in [2.05, 4.69) is 5.32 Å². The van der Waals surface area contributed by atoms with Gasteiger partial charge in [-0.2, -0.15) is 0 Å². The van der Waals surface area contributed by atoms with Crippen LogP contribution in [0.3, 0.4) is 0 Å². The van der Waals surface area contributed by atoms with Gasteiger partial charge in [0, 0.05) is 32.7 Å². The summed E-state index contributed by atoms with van der Waals surface area (Å²) in [5.41, 5.74) is 0.870. The van der Waals surface area contributed by atoms with Crippen LogP contribution in [0, 0.1) is 0 Å². The average Bonchev–Trinajstić information content (AvgIpc) is 2.66. The van der Waals surface area contributed by atoms with Crippen molar-refractivity contribution in [3.05, 3.63) is 29.8 Å². The smallest absolute Gasteiger partial charge is 0.409 e. The van der Waals surface area contributed by atoms with Gasteiger partial charge in [-0.1, -0.05) is 12.1 Å². The number of rotatable bonds is 4. The number of nitrogens with one attached hydrogen (secondary N) is 1. The average molecular weight is 349 g/mol. The van der Waals surface area contributed by atoms with Crippen molar-refractivity contribution in [3.63, 3.8) is 0 Å². The highest BCUT2D eigenvalue weighted by molar-refractivity contribution is 6.35. The fraction of sp³-hybridized carbons (Fsp3) is 0.471. The van der Waals surface area contributed by atoms with Crippen molar-refractivity contribution in [2.75, 3.05) is 39.9 Å². The van der Waals surface area contributed by atoms with Crippen LogP contribution in [0.1, 0.15) is 12.5 Å². The van der Waals surface area contributed by atoms with Crippen LogP contribution in [0.15, 0.2) is 24.3 Å². The molecule has 2 rings (SSSR count). The summed E-state index contributed by atoms with van der Waals surface area (Å²) in [6, 6.07) is 7.22. The van der Waals surface area contributed by atoms with E-state index in [4.69, 9.17) is 9.47 Å². The molecule has 0 atom stereocenters. The summed E-state index contributed by atoms with van der Waals surface area (Å²) >= 11 is 0. The van der Waals surface area contributed by atoms with E-state index in [-0.39, 0.29) is 6.54 Å². The predicted molar refractivity (Wildman–Crippen MR) is 90.0 cm³/mol. The number of methoxy groups -OCH3 is 1. The van der Waals surface area contributed by atoms with Crippen molar-refractivity contribution in [3.8, 4) is 5.75 Å². The van der Waals surface area contributed by atoms with E-state index in [9.17, 15) is 14.4 Å². The highest BCUT2D eigenvalue weighted by atomic mass is 16.6. The van der Waals surface area contributed by atoms with E-state index >= 15 is 0 Å². The fourth-order valence-corrected chi connectivity index (χ4v) is 2.45. The molecule has 0 saturated carbocycles. The molecule has 0 aliphatic carbocycles. The second-order valence-corrected chi connectivity index (χ2v) is 5.51. The molecule has 0 aromatic heterocycles. The van der Waals surface area contributed by atoms with Crippen molar-refractivity contribution < 1.29 is 23.9 Å². The third-order valence-electron chi connectivity index (χ3n) is 3.90. The number of carbonyl (C=O) groups is 3. The fourth-order valence-electron chi connectivity index (χ4n) is 2.45. The summed E-state index contributed by atoms with van der Waals surface area (Å²) in [5, 5.41) is 2.61. The zero-order valence-corrected chi connectivity index (χ0v) is 14.5. The molecular formula is C17H23N3O5. The maximum atomic E-state index is 12.2. The minimum atomic E-state index is -0.652. The first-order chi connectivity index (χ1) is 12.0. The predicted octanol–water partition coefficient (Wildman–Crippen LogP) is 0.612. The number of piperazine rings is 1. The number of nitrogens with zero attached hydrogens (tertiary/aromatic N) is 2. The summed E-state index contributed by atoms with van der Waals surface area (Å²) < 4.78 is 9.99. The molecule has 1 aromatic rings. The van der Waals surface area contributed by atoms with Crippen LogP contribution >= 0.6 is 0 Å². The standard InChI is InChI=1S/C17H23N3O5/c1-3-25-17(23)20-10-8-19(9-11-20)16(22)15(21)18-12-13-4-6-14(24-2)7-5-13/h4-7H,3,8-12H2,1-2H3,(H,18,21). The maximum absolute atomic E-state index is 12.2. The highest BCUT2D eigenvalue weighted by Crippen LogP contribution is 2.11. The molecule has 1 aliphatic heterocycles. The van der Waals surface area contributed by atoms with Crippen molar-refractivity contribution in [1.82, 2.24) is 15.1 Å². The zero-order valence-electron chi connectivity index (χ0n) is 14.5. The lowest BCUT2D eigenvalue weighted by Gasteiger charge is -2.33. The Labute approximate surface area is 146 Å². The topological polar surface area (TPSA) is 88.2 Å². The number of amides is 3. The van der Waals surface area contributed by atoms with Crippen molar-refractivity contribution in [2.45, 2.75) is 13.5 Å². The first-order valence-electron chi connectivity index (χ1n) is 8.17. The van der Waals surface area contributed by atoms with E-state index < -0.39 is 17.9 Å². The quantitative estimate of drug-likeness (QED) is 0.805. The van der Waals surface area contributed by atoms with E-state index in [1.54, 1.807) is 26.2 Å².